The summed E-state index contributed by atoms with van der Waals surface area (Å²) in [5.74, 6) is -1.76. The van der Waals surface area contributed by atoms with Crippen LogP contribution < -0.4 is 15.9 Å². The van der Waals surface area contributed by atoms with E-state index < -0.39 is 11.9 Å². The zero-order valence-electron chi connectivity index (χ0n) is 14.0. The summed E-state index contributed by atoms with van der Waals surface area (Å²) in [6, 6.07) is 9.57. The van der Waals surface area contributed by atoms with E-state index in [-0.39, 0.29) is 5.57 Å². The van der Waals surface area contributed by atoms with Crippen molar-refractivity contribution in [1.29, 1.82) is 0 Å². The molecule has 1 aromatic carbocycles. The number of fused-ring (bicyclic) bond motifs is 3. The maximum atomic E-state index is 12.0. The number of anilines is 1. The molecular formula is C19H17N3O3. The highest BCUT2D eigenvalue weighted by Gasteiger charge is 2.29. The average Bonchev–Trinajstić information content (AvgIpc) is 3.04. The van der Waals surface area contributed by atoms with Crippen LogP contribution in [0.4, 0.5) is 5.69 Å². The molecule has 0 saturated heterocycles. The van der Waals surface area contributed by atoms with Gasteiger partial charge in [0.25, 0.3) is 5.91 Å². The van der Waals surface area contributed by atoms with Gasteiger partial charge in [0.15, 0.2) is 0 Å². The Labute approximate surface area is 143 Å². The van der Waals surface area contributed by atoms with Crippen molar-refractivity contribution in [3.63, 3.8) is 0 Å². The molecule has 25 heavy (non-hydrogen) atoms. The van der Waals surface area contributed by atoms with E-state index in [1.54, 1.807) is 0 Å². The van der Waals surface area contributed by atoms with Gasteiger partial charge in [-0.15, -0.1) is 0 Å². The lowest BCUT2D eigenvalue weighted by atomic mass is 10.1. The lowest BCUT2D eigenvalue weighted by Gasteiger charge is -2.06. The molecular weight excluding hydrogens is 318 g/mol. The van der Waals surface area contributed by atoms with E-state index in [2.05, 4.69) is 15.2 Å². The molecule has 1 aliphatic heterocycles. The third kappa shape index (κ3) is 2.26. The summed E-state index contributed by atoms with van der Waals surface area (Å²) >= 11 is 0. The Morgan fingerprint density at radius 1 is 1.16 bits per heavy atom. The Hall–Kier alpha value is -2.99. The number of hydrogen-bond acceptors (Lipinski definition) is 4. The van der Waals surface area contributed by atoms with Gasteiger partial charge in [-0.2, -0.15) is 0 Å². The van der Waals surface area contributed by atoms with Crippen LogP contribution in [0, 0.1) is 10.4 Å². The molecule has 2 N–H and O–H groups in total. The fraction of sp³-hybridized carbons (Fsp3) is 0.211. The first-order chi connectivity index (χ1) is 12.0. The molecule has 1 aromatic rings. The van der Waals surface area contributed by atoms with Gasteiger partial charge in [0.1, 0.15) is 5.57 Å². The van der Waals surface area contributed by atoms with E-state index in [1.165, 1.54) is 0 Å². The zero-order valence-corrected chi connectivity index (χ0v) is 14.0. The van der Waals surface area contributed by atoms with E-state index in [4.69, 9.17) is 0 Å². The molecule has 0 radical (unpaired) electrons. The number of benzene rings is 1. The van der Waals surface area contributed by atoms with Crippen molar-refractivity contribution < 1.29 is 14.7 Å². The van der Waals surface area contributed by atoms with Gasteiger partial charge in [0.05, 0.1) is 17.6 Å². The number of carbonyl (C=O) groups is 2. The first kappa shape index (κ1) is 15.5. The summed E-state index contributed by atoms with van der Waals surface area (Å²) in [7, 11) is 4.01. The van der Waals surface area contributed by atoms with Gasteiger partial charge < -0.3 is 15.3 Å². The first-order valence-corrected chi connectivity index (χ1v) is 8.04. The summed E-state index contributed by atoms with van der Waals surface area (Å²) in [5.41, 5.74) is 0.401. The number of carboxylic acids is 1. The highest BCUT2D eigenvalue weighted by molar-refractivity contribution is 6.44. The van der Waals surface area contributed by atoms with Crippen molar-refractivity contribution >= 4 is 33.9 Å². The van der Waals surface area contributed by atoms with Gasteiger partial charge >= 0.3 is 5.97 Å². The van der Waals surface area contributed by atoms with Crippen LogP contribution in [0.3, 0.4) is 0 Å². The minimum absolute atomic E-state index is 0.190. The summed E-state index contributed by atoms with van der Waals surface area (Å²) in [5, 5.41) is 17.1. The molecule has 6 nitrogen and oxygen atoms in total. The van der Waals surface area contributed by atoms with Crippen LogP contribution in [0.25, 0.3) is 16.3 Å². The second-order valence-corrected chi connectivity index (χ2v) is 6.43. The topological polar surface area (TPSA) is 82.0 Å². The van der Waals surface area contributed by atoms with Crippen molar-refractivity contribution in [2.45, 2.75) is 0 Å². The highest BCUT2D eigenvalue weighted by atomic mass is 16.4. The Bertz CT molecular complexity index is 1200. The van der Waals surface area contributed by atoms with Gasteiger partial charge in [0.2, 0.25) is 0 Å². The SMILES string of the molecule is CN(C)CCN=c1ccc2c3c(c4cccc1c4=2)NC(=O)C=3C(=O)O. The second-order valence-electron chi connectivity index (χ2n) is 6.43. The van der Waals surface area contributed by atoms with E-state index in [9.17, 15) is 14.7 Å². The third-order valence-electron chi connectivity index (χ3n) is 4.57. The molecule has 2 aliphatic carbocycles. The molecule has 0 saturated carbocycles. The van der Waals surface area contributed by atoms with Crippen LogP contribution in [0.5, 0.6) is 0 Å². The average molecular weight is 335 g/mol. The monoisotopic (exact) mass is 335 g/mol. The fourth-order valence-electron chi connectivity index (χ4n) is 3.47. The molecule has 1 amide bonds. The highest BCUT2D eigenvalue weighted by Crippen LogP contribution is 2.25. The summed E-state index contributed by atoms with van der Waals surface area (Å²) in [6.07, 6.45) is 0. The number of hydrogen-bond donors (Lipinski definition) is 2. The molecule has 4 rings (SSSR count). The summed E-state index contributed by atoms with van der Waals surface area (Å²) in [6.45, 7) is 1.53. The quantitative estimate of drug-likeness (QED) is 0.722. The number of likely N-dealkylation sites (N-methyl/N-ethyl adjacent to an activating group) is 1. The smallest absolute Gasteiger partial charge is 0.342 e. The van der Waals surface area contributed by atoms with Gasteiger partial charge in [-0.1, -0.05) is 24.3 Å². The molecule has 126 valence electrons. The fourth-order valence-corrected chi connectivity index (χ4v) is 3.47. The Morgan fingerprint density at radius 2 is 1.92 bits per heavy atom. The predicted molar refractivity (Wildman–Crippen MR) is 94.3 cm³/mol. The van der Waals surface area contributed by atoms with Crippen LogP contribution in [-0.4, -0.2) is 49.1 Å². The maximum absolute atomic E-state index is 12.0. The molecule has 0 unspecified atom stereocenters. The Kier molecular flexibility index (Phi) is 3.43. The van der Waals surface area contributed by atoms with E-state index in [0.717, 1.165) is 33.1 Å². The minimum atomic E-state index is -1.21. The van der Waals surface area contributed by atoms with E-state index in [1.807, 2.05) is 44.4 Å². The number of carbonyl (C=O) groups excluding carboxylic acids is 1. The number of nitrogens with one attached hydrogen (secondary N) is 1. The molecule has 1 heterocycles. The molecule has 6 heteroatoms. The molecule has 3 aliphatic rings. The molecule has 0 fully saturated rings. The van der Waals surface area contributed by atoms with Crippen LogP contribution in [0.1, 0.15) is 0 Å². The standard InChI is InChI=1S/C19H17N3O3/c1-22(2)9-8-20-13-7-6-11-14-10(13)4-3-5-12(14)17-15(11)16(19(24)25)18(23)21-17/h3-7H,8-9H2,1-2H3,(H,21,23)(H,24,25). The number of aliphatic carboxylic acids is 1. The Balaban J connectivity index is 2.10. The molecule has 0 aromatic heterocycles. The van der Waals surface area contributed by atoms with Crippen LogP contribution in [-0.2, 0) is 9.59 Å². The Morgan fingerprint density at radius 3 is 2.64 bits per heavy atom. The summed E-state index contributed by atoms with van der Waals surface area (Å²) in [4.78, 5) is 30.3. The van der Waals surface area contributed by atoms with Crippen molar-refractivity contribution in [3.8, 4) is 0 Å². The number of rotatable bonds is 4. The zero-order chi connectivity index (χ0) is 17.7. The van der Waals surface area contributed by atoms with Gasteiger partial charge in [0, 0.05) is 27.8 Å². The summed E-state index contributed by atoms with van der Waals surface area (Å²) < 4.78 is 0. The normalized spacial score (nSPS) is 14.8. The second kappa shape index (κ2) is 5.53. The van der Waals surface area contributed by atoms with Gasteiger partial charge in [-0.25, -0.2) is 4.79 Å². The predicted octanol–water partition coefficient (Wildman–Crippen LogP) is 0.371. The molecule has 0 atom stereocenters. The van der Waals surface area contributed by atoms with Crippen LogP contribution in [0.15, 0.2) is 35.3 Å². The maximum Gasteiger partial charge on any atom is 0.342 e. The lowest BCUT2D eigenvalue weighted by Crippen LogP contribution is -2.18. The van der Waals surface area contributed by atoms with Crippen LogP contribution >= 0.6 is 0 Å². The third-order valence-corrected chi connectivity index (χ3v) is 4.57. The van der Waals surface area contributed by atoms with Crippen molar-refractivity contribution in [2.75, 3.05) is 32.5 Å². The van der Waals surface area contributed by atoms with Crippen LogP contribution in [0.2, 0.25) is 0 Å². The van der Waals surface area contributed by atoms with Crippen molar-refractivity contribution in [3.05, 3.63) is 51.3 Å². The van der Waals surface area contributed by atoms with E-state index >= 15 is 0 Å². The number of nitrogens with zero attached hydrogens (tertiary/aromatic N) is 2. The number of carboxylic acid groups (broad SMARTS) is 1. The first-order valence-electron chi connectivity index (χ1n) is 8.04. The lowest BCUT2D eigenvalue weighted by molar-refractivity contribution is -0.131. The minimum Gasteiger partial charge on any atom is -0.477 e. The van der Waals surface area contributed by atoms with Crippen molar-refractivity contribution in [1.82, 2.24) is 4.90 Å². The largest absolute Gasteiger partial charge is 0.477 e. The number of amides is 1. The van der Waals surface area contributed by atoms with Gasteiger partial charge in [-0.05, 0) is 25.4 Å². The molecule has 0 spiro atoms. The van der Waals surface area contributed by atoms with Crippen molar-refractivity contribution in [2.24, 2.45) is 4.99 Å². The van der Waals surface area contributed by atoms with Gasteiger partial charge in [-0.3, -0.25) is 9.79 Å². The van der Waals surface area contributed by atoms with E-state index in [0.29, 0.717) is 17.5 Å². The molecule has 0 bridgehead atoms.